The molecule has 1 aromatic carbocycles. The maximum Gasteiger partial charge on any atom is 0.358 e. The van der Waals surface area contributed by atoms with Crippen molar-refractivity contribution in [1.82, 2.24) is 20.3 Å². The van der Waals surface area contributed by atoms with Gasteiger partial charge < -0.3 is 10.4 Å². The van der Waals surface area contributed by atoms with Crippen LogP contribution in [0, 0.1) is 6.92 Å². The molecular formula is C19H24N4O3. The summed E-state index contributed by atoms with van der Waals surface area (Å²) in [6.07, 6.45) is 6.94. The maximum absolute atomic E-state index is 12.3. The van der Waals surface area contributed by atoms with Crippen molar-refractivity contribution in [1.29, 1.82) is 0 Å². The van der Waals surface area contributed by atoms with Gasteiger partial charge in [0, 0.05) is 12.0 Å². The van der Waals surface area contributed by atoms with E-state index in [1.165, 1.54) is 28.4 Å². The minimum absolute atomic E-state index is 0.0339. The first-order valence-corrected chi connectivity index (χ1v) is 8.96. The fourth-order valence-electron chi connectivity index (χ4n) is 3.88. The van der Waals surface area contributed by atoms with Crippen molar-refractivity contribution in [3.05, 3.63) is 47.3 Å². The van der Waals surface area contributed by atoms with Gasteiger partial charge in [-0.25, -0.2) is 9.48 Å². The normalized spacial score (nSPS) is 16.2. The number of hydrogen-bond donors (Lipinski definition) is 2. The van der Waals surface area contributed by atoms with E-state index in [1.807, 2.05) is 6.07 Å². The van der Waals surface area contributed by atoms with Gasteiger partial charge in [0.25, 0.3) is 0 Å². The Morgan fingerprint density at radius 3 is 2.62 bits per heavy atom. The highest BCUT2D eigenvalue weighted by atomic mass is 16.4. The molecule has 2 aromatic rings. The fraction of sp³-hybridized carbons (Fsp3) is 0.474. The van der Waals surface area contributed by atoms with E-state index < -0.39 is 5.97 Å². The number of carboxylic acids is 1. The zero-order chi connectivity index (χ0) is 18.6. The van der Waals surface area contributed by atoms with Crippen molar-refractivity contribution in [3.8, 4) is 0 Å². The summed E-state index contributed by atoms with van der Waals surface area (Å²) in [6, 6.07) is 8.39. The molecule has 0 saturated heterocycles. The van der Waals surface area contributed by atoms with Gasteiger partial charge in [0.1, 0.15) is 6.54 Å². The highest BCUT2D eigenvalue weighted by molar-refractivity contribution is 5.84. The monoisotopic (exact) mass is 356 g/mol. The fourth-order valence-corrected chi connectivity index (χ4v) is 3.88. The number of rotatable bonds is 6. The number of carboxylic acid groups (broad SMARTS) is 1. The largest absolute Gasteiger partial charge is 0.476 e. The number of nitrogens with one attached hydrogen (secondary N) is 1. The molecule has 0 unspecified atom stereocenters. The molecule has 138 valence electrons. The minimum atomic E-state index is -1.16. The number of benzene rings is 1. The number of aromatic carboxylic acids is 1. The quantitative estimate of drug-likeness (QED) is 0.828. The molecule has 0 atom stereocenters. The third-order valence-corrected chi connectivity index (χ3v) is 5.21. The number of aromatic nitrogens is 3. The molecule has 3 rings (SSSR count). The van der Waals surface area contributed by atoms with Crippen LogP contribution in [-0.2, 0) is 16.8 Å². The zero-order valence-electron chi connectivity index (χ0n) is 14.9. The second-order valence-corrected chi connectivity index (χ2v) is 7.04. The summed E-state index contributed by atoms with van der Waals surface area (Å²) < 4.78 is 1.25. The molecule has 0 spiro atoms. The molecule has 1 fully saturated rings. The van der Waals surface area contributed by atoms with Gasteiger partial charge in [-0.05, 0) is 30.9 Å². The van der Waals surface area contributed by atoms with Crippen LogP contribution in [0.3, 0.4) is 0 Å². The molecule has 2 N–H and O–H groups in total. The second-order valence-electron chi connectivity index (χ2n) is 7.04. The summed E-state index contributed by atoms with van der Waals surface area (Å²) in [5.74, 6) is -1.34. The first kappa shape index (κ1) is 18.1. The third kappa shape index (κ3) is 3.92. The molecule has 0 aliphatic heterocycles. The molecule has 7 heteroatoms. The number of carbonyl (C=O) groups excluding carboxylic acids is 1. The van der Waals surface area contributed by atoms with Crippen molar-refractivity contribution in [2.45, 2.75) is 51.0 Å². The first-order chi connectivity index (χ1) is 12.5. The van der Waals surface area contributed by atoms with E-state index in [9.17, 15) is 9.59 Å². The van der Waals surface area contributed by atoms with E-state index in [1.54, 1.807) is 0 Å². The van der Waals surface area contributed by atoms with Gasteiger partial charge >= 0.3 is 5.97 Å². The topological polar surface area (TPSA) is 97.1 Å². The average molecular weight is 356 g/mol. The molecule has 26 heavy (non-hydrogen) atoms. The highest BCUT2D eigenvalue weighted by Gasteiger charge is 2.35. The van der Waals surface area contributed by atoms with E-state index in [4.69, 9.17) is 5.11 Å². The number of amides is 1. The lowest BCUT2D eigenvalue weighted by molar-refractivity contribution is -0.122. The Balaban J connectivity index is 1.69. The van der Waals surface area contributed by atoms with Crippen LogP contribution in [0.4, 0.5) is 0 Å². The lowest BCUT2D eigenvalue weighted by atomic mass is 9.68. The Hall–Kier alpha value is -2.70. The Labute approximate surface area is 152 Å². The summed E-state index contributed by atoms with van der Waals surface area (Å²) >= 11 is 0. The van der Waals surface area contributed by atoms with Crippen LogP contribution in [0.1, 0.15) is 53.7 Å². The molecule has 1 saturated carbocycles. The molecule has 0 radical (unpaired) electrons. The lowest BCUT2D eigenvalue weighted by Crippen LogP contribution is -2.43. The van der Waals surface area contributed by atoms with E-state index in [0.29, 0.717) is 6.54 Å². The van der Waals surface area contributed by atoms with Gasteiger partial charge in [-0.15, -0.1) is 5.10 Å². The maximum atomic E-state index is 12.3. The van der Waals surface area contributed by atoms with Crippen LogP contribution in [0.25, 0.3) is 0 Å². The summed E-state index contributed by atoms with van der Waals surface area (Å²) in [5.41, 5.74) is 2.37. The van der Waals surface area contributed by atoms with Gasteiger partial charge in [-0.1, -0.05) is 48.7 Å². The smallest absolute Gasteiger partial charge is 0.358 e. The Morgan fingerprint density at radius 2 is 1.96 bits per heavy atom. The number of aryl methyl sites for hydroxylation is 1. The number of nitrogens with zero attached hydrogens (tertiary/aromatic N) is 3. The van der Waals surface area contributed by atoms with E-state index in [0.717, 1.165) is 25.7 Å². The molecule has 0 bridgehead atoms. The van der Waals surface area contributed by atoms with Crippen LogP contribution in [-0.4, -0.2) is 38.5 Å². The van der Waals surface area contributed by atoms with Gasteiger partial charge in [0.05, 0.1) is 6.20 Å². The molecule has 1 heterocycles. The van der Waals surface area contributed by atoms with Crippen molar-refractivity contribution in [2.75, 3.05) is 6.54 Å². The Kier molecular flexibility index (Phi) is 5.35. The zero-order valence-corrected chi connectivity index (χ0v) is 14.9. The van der Waals surface area contributed by atoms with Gasteiger partial charge in [-0.2, -0.15) is 0 Å². The molecule has 1 aliphatic rings. The van der Waals surface area contributed by atoms with Gasteiger partial charge in [0.2, 0.25) is 5.91 Å². The third-order valence-electron chi connectivity index (χ3n) is 5.21. The first-order valence-electron chi connectivity index (χ1n) is 8.96. The predicted molar refractivity (Wildman–Crippen MR) is 95.9 cm³/mol. The lowest BCUT2D eigenvalue weighted by Gasteiger charge is -2.39. The van der Waals surface area contributed by atoms with Gasteiger partial charge in [0.15, 0.2) is 5.69 Å². The van der Waals surface area contributed by atoms with E-state index >= 15 is 0 Å². The van der Waals surface area contributed by atoms with Crippen LogP contribution < -0.4 is 5.32 Å². The van der Waals surface area contributed by atoms with E-state index in [-0.39, 0.29) is 23.6 Å². The molecular weight excluding hydrogens is 332 g/mol. The summed E-state index contributed by atoms with van der Waals surface area (Å²) in [4.78, 5) is 23.2. The summed E-state index contributed by atoms with van der Waals surface area (Å²) in [7, 11) is 0. The van der Waals surface area contributed by atoms with Crippen molar-refractivity contribution < 1.29 is 14.7 Å². The standard InChI is InChI=1S/C19H24N4O3/c1-14-7-3-4-8-15(14)19(9-5-2-6-10-19)13-20-17(24)12-23-11-16(18(25)26)21-22-23/h3-4,7-8,11H,2,5-6,9-10,12-13H2,1H3,(H,20,24)(H,25,26). The van der Waals surface area contributed by atoms with Crippen molar-refractivity contribution in [2.24, 2.45) is 0 Å². The van der Waals surface area contributed by atoms with E-state index in [2.05, 4.69) is 40.8 Å². The predicted octanol–water partition coefficient (Wildman–Crippen LogP) is 2.30. The number of carbonyl (C=O) groups is 2. The van der Waals surface area contributed by atoms with Crippen LogP contribution in [0.2, 0.25) is 0 Å². The molecule has 1 aliphatic carbocycles. The average Bonchev–Trinajstić information content (AvgIpc) is 3.10. The Bertz CT molecular complexity index is 794. The number of hydrogen-bond acceptors (Lipinski definition) is 4. The Morgan fingerprint density at radius 1 is 1.23 bits per heavy atom. The highest BCUT2D eigenvalue weighted by Crippen LogP contribution is 2.40. The van der Waals surface area contributed by atoms with Crippen LogP contribution in [0.5, 0.6) is 0 Å². The van der Waals surface area contributed by atoms with Crippen LogP contribution >= 0.6 is 0 Å². The van der Waals surface area contributed by atoms with Crippen molar-refractivity contribution >= 4 is 11.9 Å². The van der Waals surface area contributed by atoms with Gasteiger partial charge in [-0.3, -0.25) is 4.79 Å². The summed E-state index contributed by atoms with van der Waals surface area (Å²) in [6.45, 7) is 2.66. The SMILES string of the molecule is Cc1ccccc1C1(CNC(=O)Cn2cc(C(=O)O)nn2)CCCCC1. The molecule has 1 aromatic heterocycles. The second kappa shape index (κ2) is 7.68. The van der Waals surface area contributed by atoms with Crippen molar-refractivity contribution in [3.63, 3.8) is 0 Å². The summed E-state index contributed by atoms with van der Waals surface area (Å²) in [5, 5.41) is 19.1. The molecule has 7 nitrogen and oxygen atoms in total. The van der Waals surface area contributed by atoms with Crippen LogP contribution in [0.15, 0.2) is 30.5 Å². The minimum Gasteiger partial charge on any atom is -0.476 e. The molecule has 1 amide bonds.